The highest BCUT2D eigenvalue weighted by Gasteiger charge is 2.25. The Kier molecular flexibility index (Phi) is 3.50. The van der Waals surface area contributed by atoms with Crippen molar-refractivity contribution in [3.63, 3.8) is 0 Å². The van der Waals surface area contributed by atoms with Crippen molar-refractivity contribution in [2.24, 2.45) is 5.73 Å². The molecule has 0 spiro atoms. The van der Waals surface area contributed by atoms with Gasteiger partial charge in [0.2, 0.25) is 0 Å². The minimum absolute atomic E-state index is 0.0688. The second-order valence-electron chi connectivity index (χ2n) is 4.66. The predicted octanol–water partition coefficient (Wildman–Crippen LogP) is 3.25. The van der Waals surface area contributed by atoms with E-state index in [0.29, 0.717) is 29.9 Å². The van der Waals surface area contributed by atoms with Gasteiger partial charge in [0, 0.05) is 11.6 Å². The lowest BCUT2D eigenvalue weighted by Crippen LogP contribution is -2.19. The molecule has 1 aliphatic rings. The molecule has 0 radical (unpaired) electrons. The van der Waals surface area contributed by atoms with E-state index in [0.717, 1.165) is 16.9 Å². The van der Waals surface area contributed by atoms with Crippen molar-refractivity contribution in [2.45, 2.75) is 32.7 Å². The lowest BCUT2D eigenvalue weighted by molar-refractivity contribution is 0.169. The van der Waals surface area contributed by atoms with E-state index in [1.54, 1.807) is 0 Å². The summed E-state index contributed by atoms with van der Waals surface area (Å²) >= 11 is 6.21. The number of halogens is 1. The second-order valence-corrected chi connectivity index (χ2v) is 5.07. The molecule has 1 unspecified atom stereocenters. The lowest BCUT2D eigenvalue weighted by atomic mass is 9.92. The lowest BCUT2D eigenvalue weighted by Gasteiger charge is -2.27. The zero-order chi connectivity index (χ0) is 12.6. The van der Waals surface area contributed by atoms with Crippen LogP contribution in [0, 0.1) is 0 Å². The van der Waals surface area contributed by atoms with Crippen molar-refractivity contribution in [2.75, 3.05) is 13.2 Å². The molecule has 17 heavy (non-hydrogen) atoms. The Bertz CT molecular complexity index is 430. The molecule has 2 N–H and O–H groups in total. The normalized spacial score (nSPS) is 16.1. The van der Waals surface area contributed by atoms with Crippen LogP contribution in [0.15, 0.2) is 6.07 Å². The number of hydrogen-bond acceptors (Lipinski definition) is 3. The molecule has 2 rings (SSSR count). The Morgan fingerprint density at radius 2 is 1.76 bits per heavy atom. The summed E-state index contributed by atoms with van der Waals surface area (Å²) in [4.78, 5) is 0. The van der Waals surface area contributed by atoms with Crippen LogP contribution in [-0.4, -0.2) is 13.2 Å². The third kappa shape index (κ3) is 2.22. The predicted molar refractivity (Wildman–Crippen MR) is 69.1 cm³/mol. The molecule has 1 aliphatic heterocycles. The van der Waals surface area contributed by atoms with Crippen molar-refractivity contribution in [3.8, 4) is 11.5 Å². The van der Waals surface area contributed by atoms with Crippen LogP contribution in [0.3, 0.4) is 0 Å². The maximum Gasteiger partial charge on any atom is 0.180 e. The minimum Gasteiger partial charge on any atom is -0.486 e. The molecular formula is C13H18ClNO2. The standard InChI is InChI=1S/C13H18ClNO2/c1-7(2)11-9(8(3)15)6-10(14)12-13(11)17-5-4-16-12/h6-8H,4-5,15H2,1-3H3. The SMILES string of the molecule is CC(C)c1c(C(C)N)cc(Cl)c2c1OCCO2. The fraction of sp³-hybridized carbons (Fsp3) is 0.538. The van der Waals surface area contributed by atoms with E-state index in [1.165, 1.54) is 0 Å². The van der Waals surface area contributed by atoms with Gasteiger partial charge in [-0.05, 0) is 24.5 Å². The Balaban J connectivity index is 2.66. The third-order valence-electron chi connectivity index (χ3n) is 2.91. The van der Waals surface area contributed by atoms with Crippen LogP contribution < -0.4 is 15.2 Å². The first-order valence-electron chi connectivity index (χ1n) is 5.89. The van der Waals surface area contributed by atoms with Crippen LogP contribution in [0.25, 0.3) is 0 Å². The summed E-state index contributed by atoms with van der Waals surface area (Å²) in [6, 6.07) is 1.83. The Labute approximate surface area is 107 Å². The van der Waals surface area contributed by atoms with E-state index >= 15 is 0 Å². The van der Waals surface area contributed by atoms with Crippen molar-refractivity contribution in [1.29, 1.82) is 0 Å². The van der Waals surface area contributed by atoms with Crippen molar-refractivity contribution in [3.05, 3.63) is 22.2 Å². The summed E-state index contributed by atoms with van der Waals surface area (Å²) < 4.78 is 11.3. The van der Waals surface area contributed by atoms with Crippen molar-refractivity contribution >= 4 is 11.6 Å². The van der Waals surface area contributed by atoms with Gasteiger partial charge in [-0.1, -0.05) is 25.4 Å². The quantitative estimate of drug-likeness (QED) is 0.882. The van der Waals surface area contributed by atoms with Crippen molar-refractivity contribution in [1.82, 2.24) is 0 Å². The fourth-order valence-corrected chi connectivity index (χ4v) is 2.44. The second kappa shape index (κ2) is 4.75. The first-order chi connectivity index (χ1) is 8.02. The zero-order valence-corrected chi connectivity index (χ0v) is 11.2. The number of fused-ring (bicyclic) bond motifs is 1. The molecule has 0 bridgehead atoms. The Morgan fingerprint density at radius 3 is 2.29 bits per heavy atom. The van der Waals surface area contributed by atoms with Gasteiger partial charge < -0.3 is 15.2 Å². The Morgan fingerprint density at radius 1 is 1.18 bits per heavy atom. The average Bonchev–Trinajstić information content (AvgIpc) is 2.28. The third-order valence-corrected chi connectivity index (χ3v) is 3.19. The monoisotopic (exact) mass is 255 g/mol. The largest absolute Gasteiger partial charge is 0.486 e. The maximum atomic E-state index is 6.21. The molecule has 0 saturated carbocycles. The molecule has 4 heteroatoms. The van der Waals surface area contributed by atoms with Gasteiger partial charge >= 0.3 is 0 Å². The van der Waals surface area contributed by atoms with Gasteiger partial charge in [0.1, 0.15) is 13.2 Å². The van der Waals surface area contributed by atoms with Gasteiger partial charge in [-0.3, -0.25) is 0 Å². The van der Waals surface area contributed by atoms with Gasteiger partial charge in [0.15, 0.2) is 11.5 Å². The van der Waals surface area contributed by atoms with Crippen LogP contribution in [-0.2, 0) is 0 Å². The molecule has 1 aromatic carbocycles. The molecule has 1 heterocycles. The molecule has 94 valence electrons. The summed E-state index contributed by atoms with van der Waals surface area (Å²) in [5.41, 5.74) is 8.15. The van der Waals surface area contributed by atoms with E-state index in [9.17, 15) is 0 Å². The van der Waals surface area contributed by atoms with E-state index < -0.39 is 0 Å². The van der Waals surface area contributed by atoms with Gasteiger partial charge in [0.25, 0.3) is 0 Å². The average molecular weight is 256 g/mol. The summed E-state index contributed by atoms with van der Waals surface area (Å²) in [5.74, 6) is 1.75. The van der Waals surface area contributed by atoms with Gasteiger partial charge in [-0.25, -0.2) is 0 Å². The van der Waals surface area contributed by atoms with Gasteiger partial charge in [-0.2, -0.15) is 0 Å². The number of ether oxygens (including phenoxy) is 2. The van der Waals surface area contributed by atoms with Crippen LogP contribution in [0.1, 0.15) is 43.9 Å². The molecule has 1 atom stereocenters. The maximum absolute atomic E-state index is 6.21. The molecular weight excluding hydrogens is 238 g/mol. The molecule has 0 aromatic heterocycles. The number of hydrogen-bond donors (Lipinski definition) is 1. The van der Waals surface area contributed by atoms with Gasteiger partial charge in [0.05, 0.1) is 5.02 Å². The number of rotatable bonds is 2. The summed E-state index contributed by atoms with van der Waals surface area (Å²) in [6.07, 6.45) is 0. The smallest absolute Gasteiger partial charge is 0.180 e. The van der Waals surface area contributed by atoms with E-state index in [1.807, 2.05) is 13.0 Å². The molecule has 0 saturated heterocycles. The molecule has 0 aliphatic carbocycles. The van der Waals surface area contributed by atoms with Gasteiger partial charge in [-0.15, -0.1) is 0 Å². The van der Waals surface area contributed by atoms with Crippen molar-refractivity contribution < 1.29 is 9.47 Å². The molecule has 1 aromatic rings. The molecule has 3 nitrogen and oxygen atoms in total. The fourth-order valence-electron chi connectivity index (χ4n) is 2.18. The van der Waals surface area contributed by atoms with E-state index in [2.05, 4.69) is 13.8 Å². The summed E-state index contributed by atoms with van der Waals surface area (Å²) in [7, 11) is 0. The van der Waals surface area contributed by atoms with E-state index in [4.69, 9.17) is 26.8 Å². The highest BCUT2D eigenvalue weighted by Crippen LogP contribution is 2.46. The van der Waals surface area contributed by atoms with E-state index in [-0.39, 0.29) is 6.04 Å². The van der Waals surface area contributed by atoms with Crippen LogP contribution in [0.2, 0.25) is 5.02 Å². The Hall–Kier alpha value is -0.930. The molecule has 0 amide bonds. The zero-order valence-electron chi connectivity index (χ0n) is 10.4. The number of nitrogens with two attached hydrogens (primary N) is 1. The minimum atomic E-state index is -0.0688. The highest BCUT2D eigenvalue weighted by molar-refractivity contribution is 6.32. The summed E-state index contributed by atoms with van der Waals surface area (Å²) in [6.45, 7) is 7.29. The van der Waals surface area contributed by atoms with Crippen LogP contribution in [0.5, 0.6) is 11.5 Å². The van der Waals surface area contributed by atoms with Crippen LogP contribution >= 0.6 is 11.6 Å². The highest BCUT2D eigenvalue weighted by atomic mass is 35.5. The number of benzene rings is 1. The summed E-state index contributed by atoms with van der Waals surface area (Å²) in [5, 5.41) is 0.580. The first-order valence-corrected chi connectivity index (χ1v) is 6.27. The first kappa shape index (κ1) is 12.5. The topological polar surface area (TPSA) is 44.5 Å². The van der Waals surface area contributed by atoms with Crippen LogP contribution in [0.4, 0.5) is 0 Å². The molecule has 0 fully saturated rings.